The van der Waals surface area contributed by atoms with E-state index in [2.05, 4.69) is 0 Å². The Morgan fingerprint density at radius 3 is 2.50 bits per heavy atom. The second kappa shape index (κ2) is 6.08. The summed E-state index contributed by atoms with van der Waals surface area (Å²) in [6.07, 6.45) is 1.65. The van der Waals surface area contributed by atoms with Crippen LogP contribution in [0.25, 0.3) is 5.57 Å². The Bertz CT molecular complexity index is 377. The molecule has 0 heterocycles. The van der Waals surface area contributed by atoms with Crippen LogP contribution in [0.3, 0.4) is 0 Å². The number of aliphatic hydroxyl groups is 1. The minimum absolute atomic E-state index is 0.0650. The molecule has 3 heteroatoms. The summed E-state index contributed by atoms with van der Waals surface area (Å²) >= 11 is 0. The summed E-state index contributed by atoms with van der Waals surface area (Å²) in [5.41, 5.74) is 2.94. The zero-order chi connectivity index (χ0) is 12.0. The molecule has 0 aromatic heterocycles. The Kier molecular flexibility index (Phi) is 4.73. The van der Waals surface area contributed by atoms with E-state index in [1.54, 1.807) is 6.08 Å². The number of carbonyl (C=O) groups is 1. The van der Waals surface area contributed by atoms with Gasteiger partial charge in [0, 0.05) is 6.92 Å². The number of hydrogen-bond donors (Lipinski definition) is 1. The molecule has 16 heavy (non-hydrogen) atoms. The van der Waals surface area contributed by atoms with Crippen LogP contribution >= 0.6 is 0 Å². The molecule has 0 saturated heterocycles. The van der Waals surface area contributed by atoms with Gasteiger partial charge in [0.1, 0.15) is 6.61 Å². The second-order valence-corrected chi connectivity index (χ2v) is 3.56. The van der Waals surface area contributed by atoms with E-state index in [1.165, 1.54) is 12.5 Å². The van der Waals surface area contributed by atoms with Gasteiger partial charge in [-0.05, 0) is 18.1 Å². The summed E-state index contributed by atoms with van der Waals surface area (Å²) in [6.45, 7) is 3.50. The molecular weight excluding hydrogens is 204 g/mol. The monoisotopic (exact) mass is 220 g/mol. The van der Waals surface area contributed by atoms with Gasteiger partial charge in [-0.15, -0.1) is 0 Å². The molecule has 3 nitrogen and oxygen atoms in total. The lowest BCUT2D eigenvalue weighted by molar-refractivity contribution is -0.139. The maximum atomic E-state index is 10.7. The quantitative estimate of drug-likeness (QED) is 0.789. The van der Waals surface area contributed by atoms with Crippen molar-refractivity contribution in [1.82, 2.24) is 0 Å². The van der Waals surface area contributed by atoms with Gasteiger partial charge >= 0.3 is 5.97 Å². The van der Waals surface area contributed by atoms with Crippen LogP contribution in [0.1, 0.15) is 18.1 Å². The average molecular weight is 220 g/mol. The SMILES string of the molecule is CC(=O)OC/C(=C/CO)c1ccc(C)cc1. The molecule has 0 aliphatic rings. The highest BCUT2D eigenvalue weighted by atomic mass is 16.5. The zero-order valence-electron chi connectivity index (χ0n) is 9.56. The van der Waals surface area contributed by atoms with Crippen molar-refractivity contribution in [3.05, 3.63) is 41.5 Å². The Balaban J connectivity index is 2.81. The first-order valence-electron chi connectivity index (χ1n) is 5.13. The van der Waals surface area contributed by atoms with Gasteiger partial charge in [-0.1, -0.05) is 35.9 Å². The van der Waals surface area contributed by atoms with Crippen molar-refractivity contribution in [3.63, 3.8) is 0 Å². The molecule has 0 unspecified atom stereocenters. The summed E-state index contributed by atoms with van der Waals surface area (Å²) in [7, 11) is 0. The van der Waals surface area contributed by atoms with Crippen molar-refractivity contribution in [2.75, 3.05) is 13.2 Å². The lowest BCUT2D eigenvalue weighted by Crippen LogP contribution is -2.03. The van der Waals surface area contributed by atoms with E-state index in [0.717, 1.165) is 11.1 Å². The Labute approximate surface area is 95.4 Å². The number of aryl methyl sites for hydroxylation is 1. The molecule has 0 radical (unpaired) electrons. The number of benzene rings is 1. The summed E-state index contributed by atoms with van der Waals surface area (Å²) in [5.74, 6) is -0.323. The van der Waals surface area contributed by atoms with Crippen LogP contribution in [-0.4, -0.2) is 24.3 Å². The lowest BCUT2D eigenvalue weighted by Gasteiger charge is -2.08. The molecule has 1 N–H and O–H groups in total. The fourth-order valence-electron chi connectivity index (χ4n) is 1.32. The number of esters is 1. The van der Waals surface area contributed by atoms with Gasteiger partial charge in [0.05, 0.1) is 6.61 Å². The maximum Gasteiger partial charge on any atom is 0.302 e. The zero-order valence-corrected chi connectivity index (χ0v) is 9.56. The van der Waals surface area contributed by atoms with Gasteiger partial charge in [0.15, 0.2) is 0 Å². The number of rotatable bonds is 4. The highest BCUT2D eigenvalue weighted by molar-refractivity contribution is 5.71. The maximum absolute atomic E-state index is 10.7. The van der Waals surface area contributed by atoms with Crippen molar-refractivity contribution >= 4 is 11.5 Å². The third-order valence-electron chi connectivity index (χ3n) is 2.19. The standard InChI is InChI=1S/C13H16O3/c1-10-3-5-12(6-4-10)13(7-8-14)9-16-11(2)15/h3-7,14H,8-9H2,1-2H3/b13-7-. The normalized spacial score (nSPS) is 11.3. The van der Waals surface area contributed by atoms with E-state index in [9.17, 15) is 4.79 Å². The van der Waals surface area contributed by atoms with Crippen molar-refractivity contribution in [1.29, 1.82) is 0 Å². The molecule has 0 amide bonds. The molecule has 1 aromatic carbocycles. The van der Waals surface area contributed by atoms with Crippen molar-refractivity contribution < 1.29 is 14.6 Å². The first kappa shape index (κ1) is 12.5. The predicted molar refractivity (Wildman–Crippen MR) is 62.9 cm³/mol. The molecule has 0 atom stereocenters. The molecule has 0 fully saturated rings. The number of carbonyl (C=O) groups excluding carboxylic acids is 1. The average Bonchev–Trinajstić information content (AvgIpc) is 2.25. The summed E-state index contributed by atoms with van der Waals surface area (Å²) in [6, 6.07) is 7.85. The van der Waals surface area contributed by atoms with Crippen LogP contribution in [0.15, 0.2) is 30.3 Å². The highest BCUT2D eigenvalue weighted by Crippen LogP contribution is 2.15. The van der Waals surface area contributed by atoms with Crippen LogP contribution in [0, 0.1) is 6.92 Å². The summed E-state index contributed by atoms with van der Waals surface area (Å²) in [5, 5.41) is 8.90. The molecule has 0 aliphatic heterocycles. The van der Waals surface area contributed by atoms with E-state index in [1.807, 2.05) is 31.2 Å². The molecule has 1 aromatic rings. The van der Waals surface area contributed by atoms with E-state index in [-0.39, 0.29) is 19.2 Å². The summed E-state index contributed by atoms with van der Waals surface area (Å²) in [4.78, 5) is 10.7. The molecular formula is C13H16O3. The van der Waals surface area contributed by atoms with E-state index in [4.69, 9.17) is 9.84 Å². The number of ether oxygens (including phenoxy) is 1. The topological polar surface area (TPSA) is 46.5 Å². The van der Waals surface area contributed by atoms with Crippen LogP contribution in [0.5, 0.6) is 0 Å². The van der Waals surface area contributed by atoms with Crippen LogP contribution < -0.4 is 0 Å². The second-order valence-electron chi connectivity index (χ2n) is 3.56. The van der Waals surface area contributed by atoms with Gasteiger partial charge < -0.3 is 9.84 Å². The van der Waals surface area contributed by atoms with Crippen molar-refractivity contribution in [2.45, 2.75) is 13.8 Å². The van der Waals surface area contributed by atoms with Gasteiger partial charge in [-0.3, -0.25) is 4.79 Å². The van der Waals surface area contributed by atoms with Gasteiger partial charge in [0.2, 0.25) is 0 Å². The van der Waals surface area contributed by atoms with E-state index >= 15 is 0 Å². The van der Waals surface area contributed by atoms with Crippen molar-refractivity contribution in [2.24, 2.45) is 0 Å². The third-order valence-corrected chi connectivity index (χ3v) is 2.19. The lowest BCUT2D eigenvalue weighted by atomic mass is 10.0. The summed E-state index contributed by atoms with van der Waals surface area (Å²) < 4.78 is 4.92. The molecule has 0 saturated carbocycles. The number of aliphatic hydroxyl groups excluding tert-OH is 1. The largest absolute Gasteiger partial charge is 0.461 e. The Morgan fingerprint density at radius 1 is 1.38 bits per heavy atom. The fourth-order valence-corrected chi connectivity index (χ4v) is 1.32. The Morgan fingerprint density at radius 2 is 2.00 bits per heavy atom. The minimum Gasteiger partial charge on any atom is -0.461 e. The van der Waals surface area contributed by atoms with Crippen LogP contribution in [0.2, 0.25) is 0 Å². The smallest absolute Gasteiger partial charge is 0.302 e. The first-order valence-corrected chi connectivity index (χ1v) is 5.13. The molecule has 0 bridgehead atoms. The van der Waals surface area contributed by atoms with Gasteiger partial charge in [-0.25, -0.2) is 0 Å². The van der Waals surface area contributed by atoms with Gasteiger partial charge in [0.25, 0.3) is 0 Å². The molecule has 0 aliphatic carbocycles. The highest BCUT2D eigenvalue weighted by Gasteiger charge is 2.03. The third kappa shape index (κ3) is 3.87. The van der Waals surface area contributed by atoms with Crippen LogP contribution in [0.4, 0.5) is 0 Å². The van der Waals surface area contributed by atoms with Crippen LogP contribution in [-0.2, 0) is 9.53 Å². The molecule has 1 rings (SSSR count). The number of hydrogen-bond acceptors (Lipinski definition) is 3. The molecule has 86 valence electrons. The minimum atomic E-state index is -0.323. The predicted octanol–water partition coefficient (Wildman–Crippen LogP) is 1.93. The first-order chi connectivity index (χ1) is 7.63. The van der Waals surface area contributed by atoms with E-state index < -0.39 is 0 Å². The Hall–Kier alpha value is -1.61. The van der Waals surface area contributed by atoms with Crippen molar-refractivity contribution in [3.8, 4) is 0 Å². The van der Waals surface area contributed by atoms with E-state index in [0.29, 0.717) is 0 Å². The molecule has 0 spiro atoms. The fraction of sp³-hybridized carbons (Fsp3) is 0.308. The van der Waals surface area contributed by atoms with Gasteiger partial charge in [-0.2, -0.15) is 0 Å².